The van der Waals surface area contributed by atoms with Gasteiger partial charge in [-0.3, -0.25) is 14.5 Å². The molecule has 2 atom stereocenters. The van der Waals surface area contributed by atoms with Gasteiger partial charge in [0.05, 0.1) is 0 Å². The number of carbonyl (C=O) groups excluding carboxylic acids is 1. The van der Waals surface area contributed by atoms with Gasteiger partial charge in [-0.1, -0.05) is 24.3 Å². The fraction of sp³-hybridized carbons (Fsp3) is 0.278. The van der Waals surface area contributed by atoms with Crippen molar-refractivity contribution in [1.29, 1.82) is 0 Å². The van der Waals surface area contributed by atoms with E-state index in [9.17, 15) is 4.79 Å². The van der Waals surface area contributed by atoms with E-state index < -0.39 is 0 Å². The summed E-state index contributed by atoms with van der Waals surface area (Å²) in [5.41, 5.74) is 4.38. The van der Waals surface area contributed by atoms with Gasteiger partial charge in [-0.05, 0) is 55.0 Å². The van der Waals surface area contributed by atoms with Crippen LogP contribution in [0, 0.1) is 19.8 Å². The minimum absolute atomic E-state index is 0.0214. The van der Waals surface area contributed by atoms with E-state index in [0.717, 1.165) is 17.6 Å². The van der Waals surface area contributed by atoms with Crippen molar-refractivity contribution < 1.29 is 4.79 Å². The molecule has 0 unspecified atom stereocenters. The molecular weight excluding hydrogens is 288 g/mol. The number of anilines is 1. The third-order valence-electron chi connectivity index (χ3n) is 4.52. The second kappa shape index (κ2) is 5.19. The van der Waals surface area contributed by atoms with Crippen LogP contribution in [0.25, 0.3) is 5.65 Å². The van der Waals surface area contributed by atoms with Crippen LogP contribution in [0.3, 0.4) is 0 Å². The Morgan fingerprint density at radius 2 is 2.04 bits per heavy atom. The molecule has 2 aromatic heterocycles. The van der Waals surface area contributed by atoms with Crippen molar-refractivity contribution in [3.63, 3.8) is 0 Å². The van der Waals surface area contributed by atoms with Crippen LogP contribution in [0.2, 0.25) is 0 Å². The molecule has 1 N–H and O–H groups in total. The lowest BCUT2D eigenvalue weighted by atomic mass is 10.0. The number of nitrogens with zero attached hydrogens (tertiary/aromatic N) is 3. The van der Waals surface area contributed by atoms with E-state index >= 15 is 0 Å². The summed E-state index contributed by atoms with van der Waals surface area (Å²) in [6.45, 7) is 4.10. The molecule has 116 valence electrons. The van der Waals surface area contributed by atoms with Crippen LogP contribution in [-0.4, -0.2) is 20.5 Å². The molecule has 2 heterocycles. The first-order chi connectivity index (χ1) is 11.1. The maximum absolute atomic E-state index is 12.5. The zero-order valence-corrected chi connectivity index (χ0v) is 13.2. The summed E-state index contributed by atoms with van der Waals surface area (Å²) >= 11 is 0. The van der Waals surface area contributed by atoms with Gasteiger partial charge in [0, 0.05) is 12.1 Å². The highest BCUT2D eigenvalue weighted by molar-refractivity contribution is 5.94. The van der Waals surface area contributed by atoms with Crippen LogP contribution in [0.4, 0.5) is 5.95 Å². The predicted octanol–water partition coefficient (Wildman–Crippen LogP) is 3.09. The standard InChI is InChI=1S/C18H18N4O/c1-11-7-8-22-16(9-11)20-21-18(22)19-17(23)15-10-14(15)13-6-4-3-5-12(13)2/h3-9,14-15H,10H2,1-2H3,(H,19,21,23)/t14-,15+/m0/s1. The minimum atomic E-state index is 0.0214. The van der Waals surface area contributed by atoms with E-state index in [1.54, 1.807) is 4.40 Å². The molecule has 0 aliphatic heterocycles. The SMILES string of the molecule is Cc1ccn2c(NC(=O)[C@@H]3C[C@H]3c3ccccc3C)nnc2c1. The summed E-state index contributed by atoms with van der Waals surface area (Å²) in [5, 5.41) is 11.1. The number of carbonyl (C=O) groups is 1. The Kier molecular flexibility index (Phi) is 3.15. The number of fused-ring (bicyclic) bond motifs is 1. The number of amides is 1. The van der Waals surface area contributed by atoms with E-state index in [1.807, 2.05) is 37.4 Å². The van der Waals surface area contributed by atoms with Gasteiger partial charge in [-0.25, -0.2) is 0 Å². The summed E-state index contributed by atoms with van der Waals surface area (Å²) in [7, 11) is 0. The number of aromatic nitrogens is 3. The van der Waals surface area contributed by atoms with Gasteiger partial charge in [0.1, 0.15) is 0 Å². The van der Waals surface area contributed by atoms with E-state index in [0.29, 0.717) is 11.9 Å². The van der Waals surface area contributed by atoms with Crippen LogP contribution in [0.1, 0.15) is 29.0 Å². The number of rotatable bonds is 3. The van der Waals surface area contributed by atoms with Crippen LogP contribution >= 0.6 is 0 Å². The Bertz CT molecular complexity index is 899. The van der Waals surface area contributed by atoms with Crippen molar-refractivity contribution in [2.75, 3.05) is 5.32 Å². The molecular formula is C18H18N4O. The number of aryl methyl sites for hydroxylation is 2. The second-order valence-corrected chi connectivity index (χ2v) is 6.25. The molecule has 5 heteroatoms. The first kappa shape index (κ1) is 13.9. The van der Waals surface area contributed by atoms with Crippen molar-refractivity contribution in [2.24, 2.45) is 5.92 Å². The maximum atomic E-state index is 12.5. The molecule has 1 aromatic carbocycles. The molecule has 0 radical (unpaired) electrons. The first-order valence-corrected chi connectivity index (χ1v) is 7.81. The molecule has 1 fully saturated rings. The number of hydrogen-bond acceptors (Lipinski definition) is 3. The molecule has 23 heavy (non-hydrogen) atoms. The van der Waals surface area contributed by atoms with Crippen molar-refractivity contribution in [3.8, 4) is 0 Å². The molecule has 1 saturated carbocycles. The number of pyridine rings is 1. The molecule has 3 aromatic rings. The van der Waals surface area contributed by atoms with Crippen molar-refractivity contribution in [1.82, 2.24) is 14.6 Å². The van der Waals surface area contributed by atoms with Gasteiger partial charge in [0.2, 0.25) is 11.9 Å². The Morgan fingerprint density at radius 1 is 1.22 bits per heavy atom. The molecule has 1 amide bonds. The quantitative estimate of drug-likeness (QED) is 0.809. The Morgan fingerprint density at radius 3 is 2.87 bits per heavy atom. The van der Waals surface area contributed by atoms with Crippen molar-refractivity contribution in [2.45, 2.75) is 26.2 Å². The van der Waals surface area contributed by atoms with Gasteiger partial charge in [-0.15, -0.1) is 10.2 Å². The van der Waals surface area contributed by atoms with Crippen LogP contribution in [0.5, 0.6) is 0 Å². The average molecular weight is 306 g/mol. The number of nitrogens with one attached hydrogen (secondary N) is 1. The summed E-state index contributed by atoms with van der Waals surface area (Å²) in [4.78, 5) is 12.5. The number of benzene rings is 1. The highest BCUT2D eigenvalue weighted by Gasteiger charge is 2.44. The largest absolute Gasteiger partial charge is 0.294 e. The van der Waals surface area contributed by atoms with E-state index in [1.165, 1.54) is 11.1 Å². The van der Waals surface area contributed by atoms with E-state index in [-0.39, 0.29) is 11.8 Å². The lowest BCUT2D eigenvalue weighted by Gasteiger charge is -2.05. The third-order valence-corrected chi connectivity index (χ3v) is 4.52. The lowest BCUT2D eigenvalue weighted by molar-refractivity contribution is -0.117. The molecule has 0 bridgehead atoms. The maximum Gasteiger partial charge on any atom is 0.235 e. The average Bonchev–Trinajstić information content (AvgIpc) is 3.24. The Balaban J connectivity index is 1.52. The smallest absolute Gasteiger partial charge is 0.235 e. The van der Waals surface area contributed by atoms with Gasteiger partial charge in [0.15, 0.2) is 5.65 Å². The van der Waals surface area contributed by atoms with Gasteiger partial charge >= 0.3 is 0 Å². The minimum Gasteiger partial charge on any atom is -0.294 e. The lowest BCUT2D eigenvalue weighted by Crippen LogP contribution is -2.16. The van der Waals surface area contributed by atoms with Crippen LogP contribution in [-0.2, 0) is 4.79 Å². The third kappa shape index (κ3) is 2.48. The summed E-state index contributed by atoms with van der Waals surface area (Å²) in [6, 6.07) is 12.2. The zero-order chi connectivity index (χ0) is 16.0. The van der Waals surface area contributed by atoms with Gasteiger partial charge in [0.25, 0.3) is 0 Å². The predicted molar refractivity (Wildman–Crippen MR) is 88.4 cm³/mol. The molecule has 1 aliphatic carbocycles. The zero-order valence-electron chi connectivity index (χ0n) is 13.2. The van der Waals surface area contributed by atoms with Crippen LogP contribution < -0.4 is 5.32 Å². The highest BCUT2D eigenvalue weighted by atomic mass is 16.2. The van der Waals surface area contributed by atoms with Crippen LogP contribution in [0.15, 0.2) is 42.6 Å². The molecule has 0 saturated heterocycles. The summed E-state index contributed by atoms with van der Waals surface area (Å²) in [6.07, 6.45) is 2.78. The first-order valence-electron chi connectivity index (χ1n) is 7.81. The normalized spacial score (nSPS) is 19.7. The number of hydrogen-bond donors (Lipinski definition) is 1. The highest BCUT2D eigenvalue weighted by Crippen LogP contribution is 2.48. The monoisotopic (exact) mass is 306 g/mol. The second-order valence-electron chi connectivity index (χ2n) is 6.25. The topological polar surface area (TPSA) is 59.3 Å². The Hall–Kier alpha value is -2.69. The van der Waals surface area contributed by atoms with E-state index in [2.05, 4.69) is 34.6 Å². The summed E-state index contributed by atoms with van der Waals surface area (Å²) < 4.78 is 1.80. The van der Waals surface area contributed by atoms with Gasteiger partial charge in [-0.2, -0.15) is 0 Å². The molecule has 5 nitrogen and oxygen atoms in total. The van der Waals surface area contributed by atoms with Crippen molar-refractivity contribution >= 4 is 17.5 Å². The fourth-order valence-electron chi connectivity index (χ4n) is 3.11. The van der Waals surface area contributed by atoms with Gasteiger partial charge < -0.3 is 0 Å². The van der Waals surface area contributed by atoms with Crippen molar-refractivity contribution in [3.05, 3.63) is 59.3 Å². The molecule has 4 rings (SSSR count). The Labute approximate surface area is 134 Å². The molecule has 1 aliphatic rings. The van der Waals surface area contributed by atoms with E-state index in [4.69, 9.17) is 0 Å². The molecule has 0 spiro atoms. The summed E-state index contributed by atoms with van der Waals surface area (Å²) in [5.74, 6) is 0.847. The fourth-order valence-corrected chi connectivity index (χ4v) is 3.11.